The van der Waals surface area contributed by atoms with E-state index in [-0.39, 0.29) is 42.9 Å². The first-order chi connectivity index (χ1) is 11.1. The molecule has 1 aromatic rings. The molecule has 2 atom stereocenters. The second-order valence-corrected chi connectivity index (χ2v) is 6.76. The van der Waals surface area contributed by atoms with E-state index in [1.54, 1.807) is 6.92 Å². The molecule has 2 unspecified atom stereocenters. The minimum absolute atomic E-state index is 0.0339. The van der Waals surface area contributed by atoms with Gasteiger partial charge in [0.2, 0.25) is 11.8 Å². The Morgan fingerprint density at radius 1 is 1.38 bits per heavy atom. The summed E-state index contributed by atoms with van der Waals surface area (Å²) in [6.07, 6.45) is -0.0339. The fourth-order valence-electron chi connectivity index (χ4n) is 2.44. The summed E-state index contributed by atoms with van der Waals surface area (Å²) in [6.45, 7) is 5.43. The van der Waals surface area contributed by atoms with Gasteiger partial charge in [0.25, 0.3) is 0 Å². The number of hydrogen-bond acceptors (Lipinski definition) is 3. The molecule has 5 nitrogen and oxygen atoms in total. The lowest BCUT2D eigenvalue weighted by Crippen LogP contribution is -2.46. The number of halogens is 2. The fraction of sp³-hybridized carbons (Fsp3) is 0.529. The largest absolute Gasteiger partial charge is 0.388 e. The SMILES string of the molecule is CC(C)C(C)(O)CNC(=O)C1CC(=O)N(c2cc(F)cc(F)c2)C1. The second kappa shape index (κ2) is 6.84. The molecule has 2 rings (SSSR count). The maximum Gasteiger partial charge on any atom is 0.227 e. The van der Waals surface area contributed by atoms with Crippen molar-refractivity contribution < 1.29 is 23.5 Å². The highest BCUT2D eigenvalue weighted by atomic mass is 19.1. The monoisotopic (exact) mass is 340 g/mol. The first kappa shape index (κ1) is 18.3. The molecule has 1 saturated heterocycles. The van der Waals surface area contributed by atoms with Gasteiger partial charge in [-0.2, -0.15) is 0 Å². The van der Waals surface area contributed by atoms with Crippen LogP contribution in [0.25, 0.3) is 0 Å². The van der Waals surface area contributed by atoms with E-state index in [4.69, 9.17) is 0 Å². The number of amides is 2. The van der Waals surface area contributed by atoms with Gasteiger partial charge in [-0.25, -0.2) is 8.78 Å². The number of hydrogen-bond donors (Lipinski definition) is 2. The molecule has 0 radical (unpaired) electrons. The average Bonchev–Trinajstić information content (AvgIpc) is 2.85. The van der Waals surface area contributed by atoms with Crippen molar-refractivity contribution in [3.8, 4) is 0 Å². The summed E-state index contributed by atoms with van der Waals surface area (Å²) in [5.74, 6) is -2.95. The van der Waals surface area contributed by atoms with Crippen LogP contribution in [-0.2, 0) is 9.59 Å². The van der Waals surface area contributed by atoms with E-state index in [0.717, 1.165) is 18.2 Å². The Labute approximate surface area is 139 Å². The van der Waals surface area contributed by atoms with Crippen LogP contribution in [0.15, 0.2) is 18.2 Å². The third-order valence-corrected chi connectivity index (χ3v) is 4.52. The lowest BCUT2D eigenvalue weighted by Gasteiger charge is -2.28. The Balaban J connectivity index is 2.02. The first-order valence-electron chi connectivity index (χ1n) is 7.86. The second-order valence-electron chi connectivity index (χ2n) is 6.76. The molecule has 0 spiro atoms. The standard InChI is InChI=1S/C17H22F2N2O3/c1-10(2)17(3,24)9-20-16(23)11-4-15(22)21(8-11)14-6-12(18)5-13(19)7-14/h5-7,10-11,24H,4,8-9H2,1-3H3,(H,20,23). The number of benzene rings is 1. The zero-order valence-electron chi connectivity index (χ0n) is 14.0. The van der Waals surface area contributed by atoms with Crippen molar-refractivity contribution in [2.45, 2.75) is 32.8 Å². The summed E-state index contributed by atoms with van der Waals surface area (Å²) < 4.78 is 26.6. The molecule has 1 fully saturated rings. The highest BCUT2D eigenvalue weighted by Crippen LogP contribution is 2.27. The number of rotatable bonds is 5. The molecular formula is C17H22F2N2O3. The number of nitrogens with one attached hydrogen (secondary N) is 1. The van der Waals surface area contributed by atoms with E-state index in [1.165, 1.54) is 4.90 Å². The smallest absolute Gasteiger partial charge is 0.227 e. The van der Waals surface area contributed by atoms with Crippen LogP contribution in [0.4, 0.5) is 14.5 Å². The van der Waals surface area contributed by atoms with Gasteiger partial charge in [0.05, 0.1) is 11.5 Å². The number of carbonyl (C=O) groups excluding carboxylic acids is 2. The maximum atomic E-state index is 13.3. The number of nitrogens with zero attached hydrogens (tertiary/aromatic N) is 1. The van der Waals surface area contributed by atoms with Gasteiger partial charge in [-0.15, -0.1) is 0 Å². The number of carbonyl (C=O) groups is 2. The van der Waals surface area contributed by atoms with E-state index < -0.39 is 23.2 Å². The number of anilines is 1. The Morgan fingerprint density at radius 3 is 2.50 bits per heavy atom. The molecule has 1 heterocycles. The fourth-order valence-corrected chi connectivity index (χ4v) is 2.44. The molecular weight excluding hydrogens is 318 g/mol. The molecule has 24 heavy (non-hydrogen) atoms. The van der Waals surface area contributed by atoms with Gasteiger partial charge < -0.3 is 15.3 Å². The van der Waals surface area contributed by atoms with Crippen LogP contribution >= 0.6 is 0 Å². The average molecular weight is 340 g/mol. The van der Waals surface area contributed by atoms with Gasteiger partial charge in [-0.3, -0.25) is 9.59 Å². The zero-order valence-corrected chi connectivity index (χ0v) is 14.0. The molecule has 1 aliphatic heterocycles. The Hall–Kier alpha value is -2.02. The highest BCUT2D eigenvalue weighted by Gasteiger charge is 2.36. The third-order valence-electron chi connectivity index (χ3n) is 4.52. The minimum Gasteiger partial charge on any atom is -0.388 e. The minimum atomic E-state index is -1.05. The summed E-state index contributed by atoms with van der Waals surface area (Å²) in [5, 5.41) is 12.8. The lowest BCUT2D eigenvalue weighted by atomic mass is 9.92. The van der Waals surface area contributed by atoms with Gasteiger partial charge in [0.15, 0.2) is 0 Å². The van der Waals surface area contributed by atoms with Crippen LogP contribution in [-0.4, -0.2) is 35.6 Å². The van der Waals surface area contributed by atoms with Crippen LogP contribution < -0.4 is 10.2 Å². The molecule has 1 aliphatic rings. The summed E-state index contributed by atoms with van der Waals surface area (Å²) in [7, 11) is 0. The van der Waals surface area contributed by atoms with Crippen molar-refractivity contribution in [3.05, 3.63) is 29.8 Å². The highest BCUT2D eigenvalue weighted by molar-refractivity contribution is 6.00. The maximum absolute atomic E-state index is 13.3. The normalized spacial score (nSPS) is 20.4. The summed E-state index contributed by atoms with van der Waals surface area (Å²) in [5.41, 5.74) is -0.953. The number of aliphatic hydroxyl groups is 1. The van der Waals surface area contributed by atoms with Crippen molar-refractivity contribution in [2.24, 2.45) is 11.8 Å². The van der Waals surface area contributed by atoms with E-state index in [9.17, 15) is 23.5 Å². The molecule has 2 amide bonds. The predicted octanol–water partition coefficient (Wildman–Crippen LogP) is 1.84. The molecule has 0 bridgehead atoms. The van der Waals surface area contributed by atoms with Gasteiger partial charge in [-0.1, -0.05) is 13.8 Å². The molecule has 7 heteroatoms. The summed E-state index contributed by atoms with van der Waals surface area (Å²) >= 11 is 0. The molecule has 1 aromatic carbocycles. The van der Waals surface area contributed by atoms with Gasteiger partial charge in [0, 0.05) is 31.3 Å². The summed E-state index contributed by atoms with van der Waals surface area (Å²) in [4.78, 5) is 25.5. The van der Waals surface area contributed by atoms with Gasteiger partial charge >= 0.3 is 0 Å². The Morgan fingerprint density at radius 2 is 1.96 bits per heavy atom. The first-order valence-corrected chi connectivity index (χ1v) is 7.86. The zero-order chi connectivity index (χ0) is 18.1. The topological polar surface area (TPSA) is 69.6 Å². The van der Waals surface area contributed by atoms with E-state index in [2.05, 4.69) is 5.32 Å². The predicted molar refractivity (Wildman–Crippen MR) is 85.3 cm³/mol. The van der Waals surface area contributed by atoms with E-state index in [1.807, 2.05) is 13.8 Å². The molecule has 0 saturated carbocycles. The van der Waals surface area contributed by atoms with Gasteiger partial charge in [-0.05, 0) is 25.0 Å². The Kier molecular flexibility index (Phi) is 5.22. The van der Waals surface area contributed by atoms with Crippen molar-refractivity contribution in [1.82, 2.24) is 5.32 Å². The quantitative estimate of drug-likeness (QED) is 0.859. The molecule has 0 aromatic heterocycles. The van der Waals surface area contributed by atoms with E-state index in [0.29, 0.717) is 0 Å². The van der Waals surface area contributed by atoms with Crippen LogP contribution in [0.1, 0.15) is 27.2 Å². The van der Waals surface area contributed by atoms with Crippen molar-refractivity contribution in [1.29, 1.82) is 0 Å². The third kappa shape index (κ3) is 4.08. The van der Waals surface area contributed by atoms with E-state index >= 15 is 0 Å². The van der Waals surface area contributed by atoms with Crippen LogP contribution in [0.3, 0.4) is 0 Å². The Bertz CT molecular complexity index is 626. The summed E-state index contributed by atoms with van der Waals surface area (Å²) in [6, 6.07) is 2.85. The van der Waals surface area contributed by atoms with Crippen LogP contribution in [0.5, 0.6) is 0 Å². The van der Waals surface area contributed by atoms with Gasteiger partial charge in [0.1, 0.15) is 11.6 Å². The van der Waals surface area contributed by atoms with Crippen molar-refractivity contribution in [2.75, 3.05) is 18.0 Å². The lowest BCUT2D eigenvalue weighted by molar-refractivity contribution is -0.127. The van der Waals surface area contributed by atoms with Crippen molar-refractivity contribution in [3.63, 3.8) is 0 Å². The van der Waals surface area contributed by atoms with Crippen LogP contribution in [0.2, 0.25) is 0 Å². The van der Waals surface area contributed by atoms with Crippen LogP contribution in [0, 0.1) is 23.5 Å². The molecule has 2 N–H and O–H groups in total. The molecule has 0 aliphatic carbocycles. The van der Waals surface area contributed by atoms with Crippen molar-refractivity contribution >= 4 is 17.5 Å². The molecule has 132 valence electrons.